The van der Waals surface area contributed by atoms with Gasteiger partial charge in [0.2, 0.25) is 0 Å². The molecule has 5 nitrogen and oxygen atoms in total. The van der Waals surface area contributed by atoms with Crippen molar-refractivity contribution in [1.82, 2.24) is 4.72 Å². The van der Waals surface area contributed by atoms with Crippen molar-refractivity contribution in [2.45, 2.75) is 26.7 Å². The van der Waals surface area contributed by atoms with Crippen LogP contribution in [0.5, 0.6) is 0 Å². The lowest BCUT2D eigenvalue weighted by Crippen LogP contribution is -2.43. The topological polar surface area (TPSA) is 98.2 Å². The first-order valence-electron chi connectivity index (χ1n) is 4.36. The number of rotatable bonds is 6. The van der Waals surface area contributed by atoms with Gasteiger partial charge in [0.15, 0.2) is 0 Å². The summed E-state index contributed by atoms with van der Waals surface area (Å²) in [7, 11) is -3.59. The zero-order chi connectivity index (χ0) is 10.5. The summed E-state index contributed by atoms with van der Waals surface area (Å²) in [6.07, 6.45) is 1.67. The molecule has 0 aromatic carbocycles. The summed E-state index contributed by atoms with van der Waals surface area (Å²) in [6.45, 7) is 4.75. The van der Waals surface area contributed by atoms with E-state index in [4.69, 9.17) is 10.9 Å². The van der Waals surface area contributed by atoms with Gasteiger partial charge in [-0.2, -0.15) is 8.42 Å². The third kappa shape index (κ3) is 4.56. The van der Waals surface area contributed by atoms with Gasteiger partial charge in [-0.05, 0) is 24.8 Å². The molecular formula is C7H19N3O2S. The van der Waals surface area contributed by atoms with E-state index in [1.807, 2.05) is 13.8 Å². The molecule has 0 rings (SSSR count). The molecule has 0 aliphatic heterocycles. The van der Waals surface area contributed by atoms with Gasteiger partial charge in [0.05, 0.1) is 0 Å². The molecule has 0 fully saturated rings. The second-order valence-corrected chi connectivity index (χ2v) is 4.66. The number of nitrogens with one attached hydrogen (secondary N) is 1. The molecule has 0 saturated heterocycles. The van der Waals surface area contributed by atoms with E-state index in [9.17, 15) is 8.42 Å². The Bertz CT molecular complexity index is 226. The van der Waals surface area contributed by atoms with Crippen molar-refractivity contribution in [2.75, 3.05) is 13.1 Å². The molecule has 0 bridgehead atoms. The molecule has 5 N–H and O–H groups in total. The zero-order valence-electron chi connectivity index (χ0n) is 8.21. The van der Waals surface area contributed by atoms with E-state index in [1.54, 1.807) is 0 Å². The van der Waals surface area contributed by atoms with Gasteiger partial charge in [0.1, 0.15) is 0 Å². The highest BCUT2D eigenvalue weighted by Crippen LogP contribution is 2.23. The van der Waals surface area contributed by atoms with Crippen LogP contribution in [0.15, 0.2) is 0 Å². The number of nitrogens with two attached hydrogens (primary N) is 2. The minimum Gasteiger partial charge on any atom is -0.330 e. The zero-order valence-corrected chi connectivity index (χ0v) is 9.02. The maximum Gasteiger partial charge on any atom is 0.274 e. The van der Waals surface area contributed by atoms with E-state index in [1.165, 1.54) is 0 Å². The highest BCUT2D eigenvalue weighted by Gasteiger charge is 2.25. The molecule has 0 heterocycles. The van der Waals surface area contributed by atoms with E-state index < -0.39 is 10.2 Å². The van der Waals surface area contributed by atoms with Gasteiger partial charge in [0, 0.05) is 6.54 Å². The fourth-order valence-electron chi connectivity index (χ4n) is 1.11. The predicted molar refractivity (Wildman–Crippen MR) is 53.2 cm³/mol. The van der Waals surface area contributed by atoms with E-state index in [0.717, 1.165) is 12.8 Å². The Kier molecular flexibility index (Phi) is 4.83. The molecule has 0 unspecified atom stereocenters. The second kappa shape index (κ2) is 4.90. The van der Waals surface area contributed by atoms with E-state index in [2.05, 4.69) is 4.72 Å². The third-order valence-electron chi connectivity index (χ3n) is 2.58. The maximum atomic E-state index is 10.7. The number of hydrogen-bond acceptors (Lipinski definition) is 3. The molecule has 0 aromatic rings. The summed E-state index contributed by atoms with van der Waals surface area (Å²) in [6, 6.07) is 0. The predicted octanol–water partition coefficient (Wildman–Crippen LogP) is -0.455. The summed E-state index contributed by atoms with van der Waals surface area (Å²) >= 11 is 0. The molecule has 0 aromatic heterocycles. The molecule has 0 spiro atoms. The molecule has 0 saturated carbocycles. The van der Waals surface area contributed by atoms with Crippen molar-refractivity contribution >= 4 is 10.2 Å². The maximum absolute atomic E-state index is 10.7. The summed E-state index contributed by atoms with van der Waals surface area (Å²) in [5.74, 6) is 0. The Hall–Kier alpha value is -0.170. The second-order valence-electron chi connectivity index (χ2n) is 3.28. The van der Waals surface area contributed by atoms with Crippen molar-refractivity contribution in [3.05, 3.63) is 0 Å². The van der Waals surface area contributed by atoms with Crippen LogP contribution in [0, 0.1) is 5.41 Å². The van der Waals surface area contributed by atoms with E-state index in [0.29, 0.717) is 13.1 Å². The van der Waals surface area contributed by atoms with Crippen LogP contribution in [0.3, 0.4) is 0 Å². The van der Waals surface area contributed by atoms with Gasteiger partial charge in [-0.1, -0.05) is 13.8 Å². The fourth-order valence-corrected chi connectivity index (χ4v) is 1.62. The molecule has 0 atom stereocenters. The monoisotopic (exact) mass is 209 g/mol. The van der Waals surface area contributed by atoms with Crippen LogP contribution in [0.1, 0.15) is 26.7 Å². The van der Waals surface area contributed by atoms with Crippen LogP contribution < -0.4 is 15.6 Å². The average Bonchev–Trinajstić information content (AvgIpc) is 2.06. The van der Waals surface area contributed by atoms with Crippen molar-refractivity contribution < 1.29 is 8.42 Å². The molecule has 0 aliphatic rings. The van der Waals surface area contributed by atoms with Crippen LogP contribution in [-0.4, -0.2) is 21.5 Å². The minimum absolute atomic E-state index is 0.160. The minimum atomic E-state index is -3.59. The largest absolute Gasteiger partial charge is 0.330 e. The first-order valence-corrected chi connectivity index (χ1v) is 5.91. The van der Waals surface area contributed by atoms with Crippen molar-refractivity contribution in [3.63, 3.8) is 0 Å². The van der Waals surface area contributed by atoms with Gasteiger partial charge in [-0.15, -0.1) is 0 Å². The van der Waals surface area contributed by atoms with Crippen LogP contribution in [-0.2, 0) is 10.2 Å². The van der Waals surface area contributed by atoms with Crippen LogP contribution in [0.4, 0.5) is 0 Å². The molecule has 80 valence electrons. The Morgan fingerprint density at radius 2 is 1.77 bits per heavy atom. The quantitative estimate of drug-likeness (QED) is 0.552. The highest BCUT2D eigenvalue weighted by molar-refractivity contribution is 7.87. The average molecular weight is 209 g/mol. The first kappa shape index (κ1) is 12.8. The third-order valence-corrected chi connectivity index (χ3v) is 3.13. The normalized spacial score (nSPS) is 13.2. The Morgan fingerprint density at radius 3 is 2.00 bits per heavy atom. The Labute approximate surface area is 80.1 Å². The lowest BCUT2D eigenvalue weighted by molar-refractivity contribution is 0.275. The van der Waals surface area contributed by atoms with Gasteiger partial charge < -0.3 is 5.73 Å². The summed E-state index contributed by atoms with van der Waals surface area (Å²) in [4.78, 5) is 0. The van der Waals surface area contributed by atoms with Gasteiger partial charge >= 0.3 is 0 Å². The summed E-state index contributed by atoms with van der Waals surface area (Å²) < 4.78 is 23.6. The number of hydrogen-bond donors (Lipinski definition) is 3. The smallest absolute Gasteiger partial charge is 0.274 e. The van der Waals surface area contributed by atoms with Crippen LogP contribution in [0.2, 0.25) is 0 Å². The molecule has 0 radical (unpaired) electrons. The van der Waals surface area contributed by atoms with Crippen LogP contribution in [0.25, 0.3) is 0 Å². The van der Waals surface area contributed by atoms with E-state index in [-0.39, 0.29) is 5.41 Å². The molecule has 13 heavy (non-hydrogen) atoms. The van der Waals surface area contributed by atoms with Crippen molar-refractivity contribution in [2.24, 2.45) is 16.3 Å². The Morgan fingerprint density at radius 1 is 1.31 bits per heavy atom. The molecule has 6 heteroatoms. The fraction of sp³-hybridized carbons (Fsp3) is 1.00. The molecule has 0 amide bonds. The lowest BCUT2D eigenvalue weighted by atomic mass is 9.83. The molecule has 0 aliphatic carbocycles. The Balaban J connectivity index is 4.27. The summed E-state index contributed by atoms with van der Waals surface area (Å²) in [5, 5.41) is 4.83. The van der Waals surface area contributed by atoms with Crippen LogP contribution >= 0.6 is 0 Å². The van der Waals surface area contributed by atoms with E-state index >= 15 is 0 Å². The van der Waals surface area contributed by atoms with Gasteiger partial charge in [0.25, 0.3) is 10.2 Å². The SMILES string of the molecule is CCC(CC)(CN)CNS(N)(=O)=O. The summed E-state index contributed by atoms with van der Waals surface area (Å²) in [5.41, 5.74) is 5.42. The van der Waals surface area contributed by atoms with Crippen molar-refractivity contribution in [3.8, 4) is 0 Å². The first-order chi connectivity index (χ1) is 5.89. The van der Waals surface area contributed by atoms with Gasteiger partial charge in [-0.25, -0.2) is 9.86 Å². The van der Waals surface area contributed by atoms with Crippen molar-refractivity contribution in [1.29, 1.82) is 0 Å². The molecular weight excluding hydrogens is 190 g/mol. The lowest BCUT2D eigenvalue weighted by Gasteiger charge is -2.29. The highest BCUT2D eigenvalue weighted by atomic mass is 32.2. The standard InChI is InChI=1S/C7H19N3O2S/c1-3-7(4-2,5-8)6-10-13(9,11)12/h10H,3-6,8H2,1-2H3,(H2,9,11,12). The van der Waals surface area contributed by atoms with Gasteiger partial charge in [-0.3, -0.25) is 0 Å².